The predicted octanol–water partition coefficient (Wildman–Crippen LogP) is 3.25. The SMILES string of the molecule is O=C1CCC(NC(=O)Cn2c(SC3CCCCC3)nc3ccccc32)CCN1. The van der Waals surface area contributed by atoms with E-state index in [-0.39, 0.29) is 24.4 Å². The van der Waals surface area contributed by atoms with E-state index in [0.717, 1.165) is 22.6 Å². The lowest BCUT2D eigenvalue weighted by Gasteiger charge is -2.21. The number of imidazole rings is 1. The maximum Gasteiger partial charge on any atom is 0.240 e. The maximum absolute atomic E-state index is 12.8. The van der Waals surface area contributed by atoms with Gasteiger partial charge >= 0.3 is 0 Å². The monoisotopic (exact) mass is 400 g/mol. The van der Waals surface area contributed by atoms with Gasteiger partial charge in [-0.3, -0.25) is 9.59 Å². The second kappa shape index (κ2) is 8.99. The molecule has 2 heterocycles. The number of hydrogen-bond acceptors (Lipinski definition) is 4. The number of carbonyl (C=O) groups is 2. The molecule has 1 aliphatic carbocycles. The van der Waals surface area contributed by atoms with Gasteiger partial charge in [-0.15, -0.1) is 0 Å². The number of aromatic nitrogens is 2. The molecule has 1 saturated heterocycles. The van der Waals surface area contributed by atoms with Crippen molar-refractivity contribution in [3.05, 3.63) is 24.3 Å². The molecule has 0 radical (unpaired) electrons. The molecule has 2 fully saturated rings. The first-order chi connectivity index (χ1) is 13.7. The Bertz CT molecular complexity index is 844. The van der Waals surface area contributed by atoms with Gasteiger partial charge in [0.2, 0.25) is 11.8 Å². The third kappa shape index (κ3) is 4.69. The summed E-state index contributed by atoms with van der Waals surface area (Å²) >= 11 is 1.83. The summed E-state index contributed by atoms with van der Waals surface area (Å²) in [5.41, 5.74) is 1.95. The topological polar surface area (TPSA) is 76.0 Å². The van der Waals surface area contributed by atoms with Gasteiger partial charge in [0.05, 0.1) is 11.0 Å². The third-order valence-corrected chi connectivity index (χ3v) is 6.97. The second-order valence-corrected chi connectivity index (χ2v) is 9.06. The molecule has 2 N–H and O–H groups in total. The van der Waals surface area contributed by atoms with Crippen LogP contribution >= 0.6 is 11.8 Å². The Labute approximate surface area is 169 Å². The quantitative estimate of drug-likeness (QED) is 0.808. The summed E-state index contributed by atoms with van der Waals surface area (Å²) in [7, 11) is 0. The van der Waals surface area contributed by atoms with Crippen LogP contribution in [0.3, 0.4) is 0 Å². The molecule has 0 bridgehead atoms. The van der Waals surface area contributed by atoms with Crippen molar-refractivity contribution in [3.63, 3.8) is 0 Å². The highest BCUT2D eigenvalue weighted by atomic mass is 32.2. The summed E-state index contributed by atoms with van der Waals surface area (Å²) in [5, 5.41) is 7.52. The Hall–Kier alpha value is -2.02. The molecule has 1 unspecified atom stereocenters. The van der Waals surface area contributed by atoms with E-state index in [2.05, 4.69) is 15.2 Å². The number of fused-ring (bicyclic) bond motifs is 1. The zero-order valence-corrected chi connectivity index (χ0v) is 17.0. The molecule has 6 nitrogen and oxygen atoms in total. The van der Waals surface area contributed by atoms with E-state index < -0.39 is 0 Å². The van der Waals surface area contributed by atoms with Gasteiger partial charge in [0.15, 0.2) is 5.16 Å². The van der Waals surface area contributed by atoms with Gasteiger partial charge in [-0.05, 0) is 37.8 Å². The Morgan fingerprint density at radius 2 is 2.00 bits per heavy atom. The van der Waals surface area contributed by atoms with Crippen LogP contribution in [-0.4, -0.2) is 39.2 Å². The zero-order chi connectivity index (χ0) is 19.3. The van der Waals surface area contributed by atoms with Crippen molar-refractivity contribution >= 4 is 34.6 Å². The lowest BCUT2D eigenvalue weighted by Crippen LogP contribution is -2.37. The number of carbonyl (C=O) groups excluding carboxylic acids is 2. The van der Waals surface area contributed by atoms with E-state index in [1.807, 2.05) is 36.0 Å². The molecular weight excluding hydrogens is 372 g/mol. The minimum atomic E-state index is -0.00648. The Morgan fingerprint density at radius 1 is 1.18 bits per heavy atom. The third-order valence-electron chi connectivity index (χ3n) is 5.65. The lowest BCUT2D eigenvalue weighted by molar-refractivity contribution is -0.123. The Balaban J connectivity index is 1.48. The molecule has 2 aromatic rings. The van der Waals surface area contributed by atoms with Crippen LogP contribution in [-0.2, 0) is 16.1 Å². The van der Waals surface area contributed by atoms with E-state index in [4.69, 9.17) is 4.98 Å². The van der Waals surface area contributed by atoms with Crippen LogP contribution in [0.2, 0.25) is 0 Å². The standard InChI is InChI=1S/C21H28N4O2S/c26-19-11-10-15(12-13-22-19)23-20(27)14-25-18-9-5-4-8-17(18)24-21(25)28-16-6-2-1-3-7-16/h4-5,8-9,15-16H,1-3,6-7,10-14H2,(H,22,26)(H,23,27). The van der Waals surface area contributed by atoms with Crippen LogP contribution in [0.4, 0.5) is 0 Å². The molecule has 1 aliphatic heterocycles. The average molecular weight is 401 g/mol. The molecule has 28 heavy (non-hydrogen) atoms. The van der Waals surface area contributed by atoms with Gasteiger partial charge in [0.25, 0.3) is 0 Å². The van der Waals surface area contributed by atoms with Crippen molar-refractivity contribution in [2.75, 3.05) is 6.54 Å². The second-order valence-electron chi connectivity index (χ2n) is 7.79. The van der Waals surface area contributed by atoms with Crippen molar-refractivity contribution in [1.29, 1.82) is 0 Å². The summed E-state index contributed by atoms with van der Waals surface area (Å²) in [5.74, 6) is 0.0662. The number of thioether (sulfide) groups is 1. The molecule has 1 atom stereocenters. The van der Waals surface area contributed by atoms with Gasteiger partial charge in [0.1, 0.15) is 6.54 Å². The Morgan fingerprint density at radius 3 is 2.86 bits per heavy atom. The van der Waals surface area contributed by atoms with Gasteiger partial charge in [0, 0.05) is 24.3 Å². The van der Waals surface area contributed by atoms with E-state index in [0.29, 0.717) is 24.6 Å². The van der Waals surface area contributed by atoms with Gasteiger partial charge in [-0.2, -0.15) is 0 Å². The molecule has 1 saturated carbocycles. The molecule has 1 aromatic heterocycles. The molecule has 7 heteroatoms. The summed E-state index contributed by atoms with van der Waals surface area (Å²) < 4.78 is 2.06. The molecule has 1 aromatic carbocycles. The fourth-order valence-corrected chi connectivity index (χ4v) is 5.42. The lowest BCUT2D eigenvalue weighted by atomic mass is 10.0. The van der Waals surface area contributed by atoms with Gasteiger partial charge in [-0.1, -0.05) is 43.2 Å². The number of rotatable bonds is 5. The predicted molar refractivity (Wildman–Crippen MR) is 111 cm³/mol. The fourth-order valence-electron chi connectivity index (χ4n) is 4.11. The number of hydrogen-bond donors (Lipinski definition) is 2. The highest BCUT2D eigenvalue weighted by Gasteiger charge is 2.22. The Kier molecular flexibility index (Phi) is 6.20. The number of amides is 2. The van der Waals surface area contributed by atoms with Crippen molar-refractivity contribution in [2.45, 2.75) is 74.4 Å². The highest BCUT2D eigenvalue weighted by Crippen LogP contribution is 2.34. The maximum atomic E-state index is 12.8. The van der Waals surface area contributed by atoms with Crippen LogP contribution < -0.4 is 10.6 Å². The van der Waals surface area contributed by atoms with E-state index >= 15 is 0 Å². The largest absolute Gasteiger partial charge is 0.356 e. The number of para-hydroxylation sites is 2. The molecular formula is C21H28N4O2S. The first-order valence-electron chi connectivity index (χ1n) is 10.4. The van der Waals surface area contributed by atoms with Crippen LogP contribution in [0, 0.1) is 0 Å². The molecule has 150 valence electrons. The van der Waals surface area contributed by atoms with Crippen LogP contribution in [0.5, 0.6) is 0 Å². The molecule has 2 aliphatic rings. The minimum absolute atomic E-state index is 0.00648. The van der Waals surface area contributed by atoms with Crippen LogP contribution in [0.25, 0.3) is 11.0 Å². The van der Waals surface area contributed by atoms with Crippen molar-refractivity contribution in [1.82, 2.24) is 20.2 Å². The average Bonchev–Trinajstić information content (AvgIpc) is 2.89. The summed E-state index contributed by atoms with van der Waals surface area (Å²) in [6.45, 7) is 0.897. The minimum Gasteiger partial charge on any atom is -0.356 e. The normalized spacial score (nSPS) is 21.3. The highest BCUT2D eigenvalue weighted by molar-refractivity contribution is 7.99. The number of nitrogens with zero attached hydrogens (tertiary/aromatic N) is 2. The smallest absolute Gasteiger partial charge is 0.240 e. The number of nitrogens with one attached hydrogen (secondary N) is 2. The molecule has 2 amide bonds. The fraction of sp³-hybridized carbons (Fsp3) is 0.571. The van der Waals surface area contributed by atoms with Crippen LogP contribution in [0.1, 0.15) is 51.4 Å². The first kappa shape index (κ1) is 19.3. The zero-order valence-electron chi connectivity index (χ0n) is 16.2. The van der Waals surface area contributed by atoms with Crippen molar-refractivity contribution in [3.8, 4) is 0 Å². The van der Waals surface area contributed by atoms with Crippen molar-refractivity contribution < 1.29 is 9.59 Å². The van der Waals surface area contributed by atoms with Gasteiger partial charge < -0.3 is 15.2 Å². The summed E-state index contributed by atoms with van der Waals surface area (Å²) in [6, 6.07) is 8.09. The molecule has 0 spiro atoms. The van der Waals surface area contributed by atoms with E-state index in [1.54, 1.807) is 0 Å². The first-order valence-corrected chi connectivity index (χ1v) is 11.2. The van der Waals surface area contributed by atoms with Crippen molar-refractivity contribution in [2.24, 2.45) is 0 Å². The van der Waals surface area contributed by atoms with Crippen LogP contribution in [0.15, 0.2) is 29.4 Å². The summed E-state index contributed by atoms with van der Waals surface area (Å²) in [4.78, 5) is 29.1. The summed E-state index contributed by atoms with van der Waals surface area (Å²) in [6.07, 6.45) is 8.31. The van der Waals surface area contributed by atoms with Gasteiger partial charge in [-0.25, -0.2) is 4.98 Å². The van der Waals surface area contributed by atoms with E-state index in [1.165, 1.54) is 32.1 Å². The number of benzene rings is 1. The molecule has 4 rings (SSSR count). The van der Waals surface area contributed by atoms with E-state index in [9.17, 15) is 9.59 Å².